The number of Topliss-reactive ketones (excluding diaryl/α,β-unsaturated/α-hetero) is 2. The zero-order valence-electron chi connectivity index (χ0n) is 14.4. The van der Waals surface area contributed by atoms with E-state index in [0.29, 0.717) is 29.8 Å². The van der Waals surface area contributed by atoms with E-state index < -0.39 is 0 Å². The fraction of sp³-hybridized carbons (Fsp3) is 0.800. The van der Waals surface area contributed by atoms with Gasteiger partial charge in [-0.1, -0.05) is 32.9 Å². The van der Waals surface area contributed by atoms with Crippen LogP contribution in [-0.4, -0.2) is 11.6 Å². The van der Waals surface area contributed by atoms with E-state index in [2.05, 4.69) is 39.8 Å². The van der Waals surface area contributed by atoms with E-state index in [1.54, 1.807) is 0 Å². The van der Waals surface area contributed by atoms with Crippen molar-refractivity contribution < 1.29 is 9.59 Å². The maximum atomic E-state index is 12.7. The summed E-state index contributed by atoms with van der Waals surface area (Å²) in [4.78, 5) is 25.2. The molecule has 4 aliphatic carbocycles. The van der Waals surface area contributed by atoms with Gasteiger partial charge in [-0.25, -0.2) is 0 Å². The lowest BCUT2D eigenvalue weighted by atomic mass is 9.40. The topological polar surface area (TPSA) is 34.1 Å². The Hall–Kier alpha value is -0.920. The number of carbonyl (C=O) groups is 2. The van der Waals surface area contributed by atoms with Crippen LogP contribution in [0, 0.1) is 33.5 Å². The third kappa shape index (κ3) is 1.52. The molecule has 2 bridgehead atoms. The van der Waals surface area contributed by atoms with Crippen LogP contribution in [0.4, 0.5) is 0 Å². The number of ketones is 2. The Morgan fingerprint density at radius 2 is 1.68 bits per heavy atom. The minimum Gasteiger partial charge on any atom is -0.299 e. The number of hydrogen-bond acceptors (Lipinski definition) is 2. The molecule has 22 heavy (non-hydrogen) atoms. The molecule has 4 aliphatic rings. The van der Waals surface area contributed by atoms with Crippen molar-refractivity contribution in [1.29, 1.82) is 0 Å². The molecule has 3 fully saturated rings. The maximum Gasteiger partial charge on any atom is 0.142 e. The van der Waals surface area contributed by atoms with Gasteiger partial charge in [-0.3, -0.25) is 9.59 Å². The molecular formula is C20H28O2. The Balaban J connectivity index is 1.80. The summed E-state index contributed by atoms with van der Waals surface area (Å²) in [7, 11) is 0. The summed E-state index contributed by atoms with van der Waals surface area (Å²) in [5.41, 5.74) is -0.0634. The van der Waals surface area contributed by atoms with Crippen molar-refractivity contribution in [3.8, 4) is 0 Å². The Morgan fingerprint density at radius 3 is 2.41 bits per heavy atom. The van der Waals surface area contributed by atoms with Gasteiger partial charge in [-0.2, -0.15) is 0 Å². The average molecular weight is 300 g/mol. The minimum atomic E-state index is -0.222. The molecule has 120 valence electrons. The lowest BCUT2D eigenvalue weighted by Crippen LogP contribution is -2.59. The highest BCUT2D eigenvalue weighted by Crippen LogP contribution is 2.70. The Morgan fingerprint density at radius 1 is 0.955 bits per heavy atom. The van der Waals surface area contributed by atoms with Gasteiger partial charge in [0.05, 0.1) is 0 Å². The van der Waals surface area contributed by atoms with Crippen LogP contribution in [0.3, 0.4) is 0 Å². The molecule has 5 atom stereocenters. The van der Waals surface area contributed by atoms with Crippen molar-refractivity contribution in [3.05, 3.63) is 12.2 Å². The lowest BCUT2D eigenvalue weighted by Gasteiger charge is -2.63. The van der Waals surface area contributed by atoms with Crippen LogP contribution in [0.2, 0.25) is 0 Å². The largest absolute Gasteiger partial charge is 0.299 e. The molecule has 0 unspecified atom stereocenters. The summed E-state index contributed by atoms with van der Waals surface area (Å²) in [6.07, 6.45) is 10.3. The Labute approximate surface area is 133 Å². The molecule has 1 spiro atoms. The molecule has 4 rings (SSSR count). The molecule has 0 radical (unpaired) electrons. The summed E-state index contributed by atoms with van der Waals surface area (Å²) in [6.45, 7) is 8.81. The zero-order valence-corrected chi connectivity index (χ0v) is 14.4. The first-order chi connectivity index (χ1) is 10.1. The van der Waals surface area contributed by atoms with Crippen molar-refractivity contribution in [2.75, 3.05) is 0 Å². The Kier molecular flexibility index (Phi) is 2.62. The number of fused-ring (bicyclic) bond motifs is 3. The molecule has 0 aromatic rings. The van der Waals surface area contributed by atoms with Crippen molar-refractivity contribution in [2.45, 2.75) is 66.2 Å². The molecule has 2 nitrogen and oxygen atoms in total. The minimum absolute atomic E-state index is 0.140. The second-order valence-corrected chi connectivity index (χ2v) is 9.58. The van der Waals surface area contributed by atoms with Crippen molar-refractivity contribution in [3.63, 3.8) is 0 Å². The van der Waals surface area contributed by atoms with Crippen LogP contribution >= 0.6 is 0 Å². The van der Waals surface area contributed by atoms with Crippen LogP contribution in [0.1, 0.15) is 66.2 Å². The fourth-order valence-electron chi connectivity index (χ4n) is 6.86. The van der Waals surface area contributed by atoms with Crippen molar-refractivity contribution in [2.24, 2.45) is 33.5 Å². The van der Waals surface area contributed by atoms with Gasteiger partial charge in [0.15, 0.2) is 0 Å². The second-order valence-electron chi connectivity index (χ2n) is 9.58. The third-order valence-electron chi connectivity index (χ3n) is 8.17. The molecule has 3 saturated carbocycles. The van der Waals surface area contributed by atoms with Crippen LogP contribution in [-0.2, 0) is 9.59 Å². The summed E-state index contributed by atoms with van der Waals surface area (Å²) >= 11 is 0. The van der Waals surface area contributed by atoms with E-state index in [-0.39, 0.29) is 21.7 Å². The summed E-state index contributed by atoms with van der Waals surface area (Å²) in [5.74, 6) is 1.73. The predicted molar refractivity (Wildman–Crippen MR) is 86.3 cm³/mol. The summed E-state index contributed by atoms with van der Waals surface area (Å²) in [6, 6.07) is 0. The third-order valence-corrected chi connectivity index (χ3v) is 8.17. The molecule has 0 aromatic carbocycles. The Bertz CT molecular complexity index is 601. The molecule has 0 N–H and O–H groups in total. The van der Waals surface area contributed by atoms with Crippen LogP contribution in [0.5, 0.6) is 0 Å². The van der Waals surface area contributed by atoms with Gasteiger partial charge >= 0.3 is 0 Å². The van der Waals surface area contributed by atoms with Gasteiger partial charge in [0.25, 0.3) is 0 Å². The standard InChI is InChI=1S/C20H28O2/c1-17(2)13-5-8-20-10-9-18(3,12-20)16(22)11-14(20)19(13,4)7-6-15(17)21/h9-10,13-14H,5-8,11-12H2,1-4H3/t13-,14+,18-,19-,20+/m1/s1. The number of allylic oxidation sites excluding steroid dienone is 2. The highest BCUT2D eigenvalue weighted by Gasteiger charge is 2.66. The highest BCUT2D eigenvalue weighted by molar-refractivity contribution is 5.89. The summed E-state index contributed by atoms with van der Waals surface area (Å²) < 4.78 is 0. The van der Waals surface area contributed by atoms with E-state index in [4.69, 9.17) is 0 Å². The van der Waals surface area contributed by atoms with E-state index in [1.807, 2.05) is 0 Å². The zero-order chi connectivity index (χ0) is 16.0. The number of hydrogen-bond donors (Lipinski definition) is 0. The monoisotopic (exact) mass is 300 g/mol. The molecule has 0 saturated heterocycles. The first-order valence-electron chi connectivity index (χ1n) is 8.91. The van der Waals surface area contributed by atoms with E-state index in [1.165, 1.54) is 0 Å². The SMILES string of the molecule is CC1(C)C(=O)CC[C@]2(C)[C@@H]1CC[C@]13C=C[C@](C)(C1)C(=O)C[C@H]32. The van der Waals surface area contributed by atoms with Gasteiger partial charge < -0.3 is 0 Å². The van der Waals surface area contributed by atoms with Crippen LogP contribution in [0.25, 0.3) is 0 Å². The van der Waals surface area contributed by atoms with Gasteiger partial charge in [0.2, 0.25) is 0 Å². The molecule has 0 heterocycles. The van der Waals surface area contributed by atoms with Crippen LogP contribution < -0.4 is 0 Å². The smallest absolute Gasteiger partial charge is 0.142 e. The second kappa shape index (κ2) is 3.94. The quantitative estimate of drug-likeness (QED) is 0.624. The molecule has 0 aliphatic heterocycles. The first kappa shape index (κ1) is 14.7. The van der Waals surface area contributed by atoms with Crippen LogP contribution in [0.15, 0.2) is 12.2 Å². The molecular weight excluding hydrogens is 272 g/mol. The average Bonchev–Trinajstić information content (AvgIpc) is 2.73. The normalized spacial score (nSPS) is 52.4. The maximum absolute atomic E-state index is 12.7. The highest BCUT2D eigenvalue weighted by atomic mass is 16.1. The first-order valence-corrected chi connectivity index (χ1v) is 8.91. The molecule has 0 aromatic heterocycles. The van der Waals surface area contributed by atoms with Crippen molar-refractivity contribution in [1.82, 2.24) is 0 Å². The van der Waals surface area contributed by atoms with Gasteiger partial charge in [-0.05, 0) is 55.3 Å². The number of carbonyl (C=O) groups excluding carboxylic acids is 2. The van der Waals surface area contributed by atoms with E-state index >= 15 is 0 Å². The van der Waals surface area contributed by atoms with E-state index in [0.717, 1.165) is 32.1 Å². The number of rotatable bonds is 0. The van der Waals surface area contributed by atoms with Gasteiger partial charge in [0.1, 0.15) is 11.6 Å². The molecule has 2 heteroatoms. The fourth-order valence-corrected chi connectivity index (χ4v) is 6.86. The molecule has 0 amide bonds. The predicted octanol–water partition coefficient (Wildman–Crippen LogP) is 4.33. The van der Waals surface area contributed by atoms with Gasteiger partial charge in [-0.15, -0.1) is 0 Å². The summed E-state index contributed by atoms with van der Waals surface area (Å²) in [5, 5.41) is 0. The van der Waals surface area contributed by atoms with E-state index in [9.17, 15) is 9.59 Å². The lowest BCUT2D eigenvalue weighted by molar-refractivity contribution is -0.167. The van der Waals surface area contributed by atoms with Crippen molar-refractivity contribution >= 4 is 11.6 Å². The van der Waals surface area contributed by atoms with Gasteiger partial charge in [0, 0.05) is 23.7 Å².